The molecule has 134 valence electrons. The first-order valence-electron chi connectivity index (χ1n) is 7.83. The third-order valence-electron chi connectivity index (χ3n) is 3.83. The highest BCUT2D eigenvalue weighted by Crippen LogP contribution is 2.20. The van der Waals surface area contributed by atoms with Crippen LogP contribution in [0.3, 0.4) is 0 Å². The van der Waals surface area contributed by atoms with Gasteiger partial charge in [-0.05, 0) is 24.6 Å². The van der Waals surface area contributed by atoms with Crippen LogP contribution in [-0.2, 0) is 21.2 Å². The molecule has 0 aliphatic rings. The maximum atomic E-state index is 12.3. The van der Waals surface area contributed by atoms with Crippen molar-refractivity contribution < 1.29 is 22.5 Å². The highest BCUT2D eigenvalue weighted by Gasteiger charge is 2.16. The molecule has 0 amide bonds. The van der Waals surface area contributed by atoms with Crippen molar-refractivity contribution in [3.8, 4) is 11.3 Å². The number of rotatable bonds is 5. The highest BCUT2D eigenvalue weighted by atomic mass is 32.2. The SMILES string of the molecule is Cc1ccc(S(C)(=O)=O)cc1C(=O)OCc1cc(-c2ccccc2)no1. The van der Waals surface area contributed by atoms with Gasteiger partial charge in [0.1, 0.15) is 5.69 Å². The van der Waals surface area contributed by atoms with Crippen molar-refractivity contribution in [3.63, 3.8) is 0 Å². The number of hydrogen-bond acceptors (Lipinski definition) is 6. The molecular weight excluding hydrogens is 354 g/mol. The molecule has 7 heteroatoms. The summed E-state index contributed by atoms with van der Waals surface area (Å²) in [5.41, 5.74) is 2.37. The van der Waals surface area contributed by atoms with Crippen molar-refractivity contribution in [1.82, 2.24) is 5.16 Å². The molecule has 0 N–H and O–H groups in total. The summed E-state index contributed by atoms with van der Waals surface area (Å²) in [6.45, 7) is 1.62. The number of carbonyl (C=O) groups excluding carboxylic acids is 1. The molecule has 0 fully saturated rings. The number of carbonyl (C=O) groups is 1. The molecule has 3 rings (SSSR count). The molecule has 0 aliphatic heterocycles. The van der Waals surface area contributed by atoms with E-state index in [2.05, 4.69) is 5.16 Å². The smallest absolute Gasteiger partial charge is 0.338 e. The molecule has 1 heterocycles. The second-order valence-electron chi connectivity index (χ2n) is 5.87. The maximum Gasteiger partial charge on any atom is 0.338 e. The van der Waals surface area contributed by atoms with Gasteiger partial charge in [0.2, 0.25) is 0 Å². The summed E-state index contributed by atoms with van der Waals surface area (Å²) in [5.74, 6) is -0.222. The number of benzene rings is 2. The molecule has 0 radical (unpaired) electrons. The van der Waals surface area contributed by atoms with Crippen LogP contribution in [0.15, 0.2) is 64.0 Å². The Balaban J connectivity index is 1.73. The average molecular weight is 371 g/mol. The second-order valence-corrected chi connectivity index (χ2v) is 7.89. The maximum absolute atomic E-state index is 12.3. The number of aryl methyl sites for hydroxylation is 1. The van der Waals surface area contributed by atoms with Crippen LogP contribution < -0.4 is 0 Å². The Morgan fingerprint density at radius 3 is 2.54 bits per heavy atom. The summed E-state index contributed by atoms with van der Waals surface area (Å²) < 4.78 is 33.8. The van der Waals surface area contributed by atoms with Gasteiger partial charge in [-0.25, -0.2) is 13.2 Å². The lowest BCUT2D eigenvalue weighted by molar-refractivity contribution is 0.0436. The van der Waals surface area contributed by atoms with E-state index >= 15 is 0 Å². The first kappa shape index (κ1) is 17.9. The molecule has 2 aromatic carbocycles. The lowest BCUT2D eigenvalue weighted by atomic mass is 10.1. The zero-order valence-corrected chi connectivity index (χ0v) is 15.1. The number of hydrogen-bond donors (Lipinski definition) is 0. The molecule has 0 saturated heterocycles. The van der Waals surface area contributed by atoms with Crippen molar-refractivity contribution in [2.45, 2.75) is 18.4 Å². The Labute approximate surface area is 151 Å². The second kappa shape index (κ2) is 7.13. The number of sulfone groups is 1. The molecule has 0 aliphatic carbocycles. The van der Waals surface area contributed by atoms with Gasteiger partial charge in [-0.15, -0.1) is 0 Å². The van der Waals surface area contributed by atoms with Gasteiger partial charge < -0.3 is 9.26 Å². The van der Waals surface area contributed by atoms with Crippen LogP contribution in [0, 0.1) is 6.92 Å². The summed E-state index contributed by atoms with van der Waals surface area (Å²) in [6, 6.07) is 15.5. The van der Waals surface area contributed by atoms with Gasteiger partial charge in [0, 0.05) is 17.9 Å². The van der Waals surface area contributed by atoms with Gasteiger partial charge >= 0.3 is 5.97 Å². The number of esters is 1. The van der Waals surface area contributed by atoms with Crippen LogP contribution >= 0.6 is 0 Å². The molecule has 0 unspecified atom stereocenters. The van der Waals surface area contributed by atoms with E-state index in [9.17, 15) is 13.2 Å². The predicted octanol–water partition coefficient (Wildman–Crippen LogP) is 3.41. The third kappa shape index (κ3) is 4.00. The summed E-state index contributed by atoms with van der Waals surface area (Å²) in [4.78, 5) is 12.4. The van der Waals surface area contributed by atoms with E-state index < -0.39 is 15.8 Å². The monoisotopic (exact) mass is 371 g/mol. The third-order valence-corrected chi connectivity index (χ3v) is 4.94. The fourth-order valence-electron chi connectivity index (χ4n) is 2.39. The Kier molecular flexibility index (Phi) is 4.90. The van der Waals surface area contributed by atoms with Crippen molar-refractivity contribution >= 4 is 15.8 Å². The number of aromatic nitrogens is 1. The Hall–Kier alpha value is -2.93. The summed E-state index contributed by atoms with van der Waals surface area (Å²) in [6.07, 6.45) is 1.09. The van der Waals surface area contributed by atoms with Gasteiger partial charge in [0.15, 0.2) is 22.2 Å². The van der Waals surface area contributed by atoms with E-state index in [0.29, 0.717) is 17.0 Å². The van der Waals surface area contributed by atoms with Crippen molar-refractivity contribution in [3.05, 3.63) is 71.5 Å². The van der Waals surface area contributed by atoms with Crippen LogP contribution in [0.2, 0.25) is 0 Å². The van der Waals surface area contributed by atoms with Crippen molar-refractivity contribution in [1.29, 1.82) is 0 Å². The molecule has 3 aromatic rings. The van der Waals surface area contributed by atoms with Crippen LogP contribution in [0.5, 0.6) is 0 Å². The zero-order valence-electron chi connectivity index (χ0n) is 14.3. The molecule has 0 spiro atoms. The largest absolute Gasteiger partial charge is 0.454 e. The fraction of sp³-hybridized carbons (Fsp3) is 0.158. The summed E-state index contributed by atoms with van der Waals surface area (Å²) in [7, 11) is -3.41. The Bertz CT molecular complexity index is 1040. The van der Waals surface area contributed by atoms with Gasteiger partial charge in [0.25, 0.3) is 0 Å². The first-order valence-corrected chi connectivity index (χ1v) is 9.72. The Morgan fingerprint density at radius 1 is 1.12 bits per heavy atom. The fourth-order valence-corrected chi connectivity index (χ4v) is 3.04. The van der Waals surface area contributed by atoms with Crippen LogP contribution in [0.1, 0.15) is 21.7 Å². The molecule has 0 saturated carbocycles. The summed E-state index contributed by atoms with van der Waals surface area (Å²) in [5, 5.41) is 3.96. The van der Waals surface area contributed by atoms with Crippen LogP contribution in [-0.4, -0.2) is 25.8 Å². The molecule has 0 atom stereocenters. The highest BCUT2D eigenvalue weighted by molar-refractivity contribution is 7.90. The van der Waals surface area contributed by atoms with Crippen LogP contribution in [0.4, 0.5) is 0 Å². The van der Waals surface area contributed by atoms with E-state index in [4.69, 9.17) is 9.26 Å². The lowest BCUT2D eigenvalue weighted by Gasteiger charge is -2.07. The predicted molar refractivity (Wildman–Crippen MR) is 95.3 cm³/mol. The molecular formula is C19H17NO5S. The van der Waals surface area contributed by atoms with E-state index in [1.54, 1.807) is 19.1 Å². The van der Waals surface area contributed by atoms with Crippen molar-refractivity contribution in [2.75, 3.05) is 6.26 Å². The normalized spacial score (nSPS) is 11.3. The zero-order chi connectivity index (χ0) is 18.7. The van der Waals surface area contributed by atoms with Gasteiger partial charge in [-0.3, -0.25) is 0 Å². The van der Waals surface area contributed by atoms with Gasteiger partial charge in [-0.1, -0.05) is 41.6 Å². The van der Waals surface area contributed by atoms with E-state index in [0.717, 1.165) is 11.8 Å². The quantitative estimate of drug-likeness (QED) is 0.639. The van der Waals surface area contributed by atoms with E-state index in [-0.39, 0.29) is 17.1 Å². The number of ether oxygens (including phenoxy) is 1. The minimum Gasteiger partial charge on any atom is -0.454 e. The van der Waals surface area contributed by atoms with Crippen molar-refractivity contribution in [2.24, 2.45) is 0 Å². The van der Waals surface area contributed by atoms with Gasteiger partial charge in [-0.2, -0.15) is 0 Å². The standard InChI is InChI=1S/C19H17NO5S/c1-13-8-9-16(26(2,22)23)11-17(13)19(21)24-12-15-10-18(20-25-15)14-6-4-3-5-7-14/h3-11H,12H2,1-2H3. The molecule has 6 nitrogen and oxygen atoms in total. The summed E-state index contributed by atoms with van der Waals surface area (Å²) >= 11 is 0. The van der Waals surface area contributed by atoms with Crippen LogP contribution in [0.25, 0.3) is 11.3 Å². The Morgan fingerprint density at radius 2 is 1.85 bits per heavy atom. The minimum atomic E-state index is -3.41. The molecule has 26 heavy (non-hydrogen) atoms. The number of nitrogens with zero attached hydrogens (tertiary/aromatic N) is 1. The van der Waals surface area contributed by atoms with E-state index in [1.165, 1.54) is 12.1 Å². The lowest BCUT2D eigenvalue weighted by Crippen LogP contribution is -2.09. The van der Waals surface area contributed by atoms with Gasteiger partial charge in [0.05, 0.1) is 10.5 Å². The average Bonchev–Trinajstić information content (AvgIpc) is 3.09. The first-order chi connectivity index (χ1) is 12.3. The molecule has 0 bridgehead atoms. The van der Waals surface area contributed by atoms with E-state index in [1.807, 2.05) is 30.3 Å². The topological polar surface area (TPSA) is 86.5 Å². The minimum absolute atomic E-state index is 0.0704. The molecule has 1 aromatic heterocycles.